The zero-order valence-corrected chi connectivity index (χ0v) is 21.3. The van der Waals surface area contributed by atoms with Gasteiger partial charge in [0.2, 0.25) is 11.8 Å². The first kappa shape index (κ1) is 31.7. The number of aliphatic hydroxyl groups excluding tert-OH is 1. The number of benzene rings is 2. The molecule has 0 heterocycles. The highest BCUT2D eigenvalue weighted by Gasteiger charge is 2.45. The van der Waals surface area contributed by atoms with Crippen LogP contribution in [0.3, 0.4) is 0 Å². The fourth-order valence-corrected chi connectivity index (χ4v) is 3.52. The highest BCUT2D eigenvalue weighted by molar-refractivity contribution is 5.91. The van der Waals surface area contributed by atoms with Crippen molar-refractivity contribution in [1.29, 1.82) is 5.26 Å². The number of nitrogens with two attached hydrogens (primary N) is 1. The van der Waals surface area contributed by atoms with E-state index in [-0.39, 0.29) is 24.4 Å². The Morgan fingerprint density at radius 2 is 1.73 bits per heavy atom. The summed E-state index contributed by atoms with van der Waals surface area (Å²) in [5.41, 5.74) is 7.31. The number of aliphatic hydroxyl groups is 1. The summed E-state index contributed by atoms with van der Waals surface area (Å²) in [6, 6.07) is 10.3. The number of hydrogen-bond donors (Lipinski definition) is 4. The van der Waals surface area contributed by atoms with Crippen LogP contribution >= 0.6 is 12.4 Å². The summed E-state index contributed by atoms with van der Waals surface area (Å²) in [6.45, 7) is 2.85. The third-order valence-corrected chi connectivity index (χ3v) is 5.55. The number of halogens is 4. The summed E-state index contributed by atoms with van der Waals surface area (Å²) in [5, 5.41) is 23.5. The van der Waals surface area contributed by atoms with Crippen LogP contribution < -0.4 is 21.1 Å². The van der Waals surface area contributed by atoms with E-state index in [1.54, 1.807) is 24.3 Å². The number of ether oxygens (including phenoxy) is 1. The number of amides is 2. The standard InChI is InChI=1S/C25H29F3N4O4.ClH/c1-14(2)20(22(33)25(26,27)28)31-24(35)21(17-7-9-18(36-3)10-8-17)32-23(34)19(30)12-15-5-4-6-16(11-15)13-29;/h4-11,14,19-22,33H,12,30H2,1-3H3,(H,31,35)(H,32,34);1H/t19?,20-,21-,22-;/m0./s1. The van der Waals surface area contributed by atoms with Crippen LogP contribution in [0.1, 0.15) is 36.6 Å². The van der Waals surface area contributed by atoms with Crippen LogP contribution in [0.15, 0.2) is 48.5 Å². The van der Waals surface area contributed by atoms with Gasteiger partial charge in [-0.25, -0.2) is 0 Å². The summed E-state index contributed by atoms with van der Waals surface area (Å²) in [4.78, 5) is 26.0. The average molecular weight is 543 g/mol. The quantitative estimate of drug-likeness (QED) is 0.364. The van der Waals surface area contributed by atoms with E-state index in [4.69, 9.17) is 15.7 Å². The maximum absolute atomic E-state index is 13.2. The zero-order chi connectivity index (χ0) is 27.0. The molecule has 0 aliphatic heterocycles. The van der Waals surface area contributed by atoms with Gasteiger partial charge in [0.25, 0.3) is 0 Å². The molecule has 0 saturated heterocycles. The first-order chi connectivity index (χ1) is 16.9. The molecule has 0 radical (unpaired) electrons. The van der Waals surface area contributed by atoms with Gasteiger partial charge in [-0.15, -0.1) is 12.4 Å². The average Bonchev–Trinajstić information content (AvgIpc) is 2.84. The Hall–Kier alpha value is -3.33. The van der Waals surface area contributed by atoms with Crippen molar-refractivity contribution in [2.45, 2.75) is 50.7 Å². The second-order valence-electron chi connectivity index (χ2n) is 8.60. The van der Waals surface area contributed by atoms with E-state index in [2.05, 4.69) is 10.6 Å². The number of alkyl halides is 3. The van der Waals surface area contributed by atoms with Gasteiger partial charge in [-0.2, -0.15) is 18.4 Å². The Morgan fingerprint density at radius 1 is 1.11 bits per heavy atom. The Bertz CT molecular complexity index is 1090. The molecule has 2 rings (SSSR count). The van der Waals surface area contributed by atoms with Crippen LogP contribution in [0.5, 0.6) is 5.75 Å². The molecular weight excluding hydrogens is 513 g/mol. The van der Waals surface area contributed by atoms with Crippen LogP contribution in [-0.4, -0.2) is 48.4 Å². The van der Waals surface area contributed by atoms with Crippen LogP contribution in [0.25, 0.3) is 0 Å². The lowest BCUT2D eigenvalue weighted by Crippen LogP contribution is -2.56. The van der Waals surface area contributed by atoms with Crippen molar-refractivity contribution in [3.8, 4) is 11.8 Å². The lowest BCUT2D eigenvalue weighted by molar-refractivity contribution is -0.215. The predicted molar refractivity (Wildman–Crippen MR) is 133 cm³/mol. The van der Waals surface area contributed by atoms with Crippen LogP contribution in [0.2, 0.25) is 0 Å². The van der Waals surface area contributed by atoms with Crippen molar-refractivity contribution in [3.05, 3.63) is 65.2 Å². The van der Waals surface area contributed by atoms with Gasteiger partial charge in [-0.3, -0.25) is 9.59 Å². The fraction of sp³-hybridized carbons (Fsp3) is 0.400. The molecule has 5 N–H and O–H groups in total. The van der Waals surface area contributed by atoms with Crippen molar-refractivity contribution in [1.82, 2.24) is 10.6 Å². The molecule has 12 heteroatoms. The molecule has 0 aliphatic rings. The van der Waals surface area contributed by atoms with Crippen molar-refractivity contribution in [2.75, 3.05) is 7.11 Å². The minimum Gasteiger partial charge on any atom is -0.497 e. The van der Waals surface area contributed by atoms with Crippen molar-refractivity contribution < 1.29 is 32.6 Å². The Morgan fingerprint density at radius 3 is 2.24 bits per heavy atom. The fourth-order valence-electron chi connectivity index (χ4n) is 3.52. The molecule has 0 aromatic heterocycles. The van der Waals surface area contributed by atoms with Gasteiger partial charge in [0.05, 0.1) is 30.8 Å². The summed E-state index contributed by atoms with van der Waals surface area (Å²) in [6.07, 6.45) is -7.70. The number of rotatable bonds is 10. The molecule has 1 unspecified atom stereocenters. The van der Waals surface area contributed by atoms with Gasteiger partial charge in [0.15, 0.2) is 6.10 Å². The molecule has 4 atom stereocenters. The normalized spacial score (nSPS) is 14.4. The summed E-state index contributed by atoms with van der Waals surface area (Å²) >= 11 is 0. The maximum atomic E-state index is 13.2. The molecule has 2 aromatic carbocycles. The predicted octanol–water partition coefficient (Wildman–Crippen LogP) is 2.78. The Labute approximate surface area is 219 Å². The molecule has 0 saturated carbocycles. The minimum absolute atomic E-state index is 0. The van der Waals surface area contributed by atoms with Crippen molar-refractivity contribution in [2.24, 2.45) is 11.7 Å². The van der Waals surface area contributed by atoms with Gasteiger partial charge in [-0.1, -0.05) is 38.1 Å². The maximum Gasteiger partial charge on any atom is 0.416 e. The van der Waals surface area contributed by atoms with E-state index >= 15 is 0 Å². The van der Waals surface area contributed by atoms with Gasteiger partial charge in [0.1, 0.15) is 11.8 Å². The van der Waals surface area contributed by atoms with E-state index in [9.17, 15) is 27.9 Å². The van der Waals surface area contributed by atoms with E-state index in [0.717, 1.165) is 0 Å². The van der Waals surface area contributed by atoms with Gasteiger partial charge < -0.3 is 26.2 Å². The smallest absolute Gasteiger partial charge is 0.416 e. The number of nitrogens with one attached hydrogen (secondary N) is 2. The highest BCUT2D eigenvalue weighted by atomic mass is 35.5. The van der Waals surface area contributed by atoms with E-state index in [1.807, 2.05) is 6.07 Å². The monoisotopic (exact) mass is 542 g/mol. The molecule has 8 nitrogen and oxygen atoms in total. The number of carbonyl (C=O) groups excluding carboxylic acids is 2. The molecule has 0 spiro atoms. The van der Waals surface area contributed by atoms with Crippen molar-refractivity contribution >= 4 is 24.2 Å². The van der Waals surface area contributed by atoms with E-state index in [0.29, 0.717) is 16.9 Å². The first-order valence-corrected chi connectivity index (χ1v) is 11.1. The topological polar surface area (TPSA) is 137 Å². The summed E-state index contributed by atoms with van der Waals surface area (Å²) in [5.74, 6) is -1.99. The second kappa shape index (κ2) is 13.8. The van der Waals surface area contributed by atoms with Gasteiger partial charge in [-0.05, 0) is 47.7 Å². The SMILES string of the molecule is COc1ccc([C@H](NC(=O)C(N)Cc2cccc(C#N)c2)C(=O)N[C@@H](C(C)C)[C@H](O)C(F)(F)F)cc1.Cl. The zero-order valence-electron chi connectivity index (χ0n) is 20.5. The summed E-state index contributed by atoms with van der Waals surface area (Å²) in [7, 11) is 1.44. The lowest BCUT2D eigenvalue weighted by Gasteiger charge is -2.31. The molecule has 202 valence electrons. The minimum atomic E-state index is -4.96. The lowest BCUT2D eigenvalue weighted by atomic mass is 9.96. The molecule has 0 bridgehead atoms. The van der Waals surface area contributed by atoms with E-state index < -0.39 is 48.1 Å². The molecule has 2 aromatic rings. The van der Waals surface area contributed by atoms with Gasteiger partial charge >= 0.3 is 6.18 Å². The summed E-state index contributed by atoms with van der Waals surface area (Å²) < 4.78 is 44.6. The number of nitrogens with zero attached hydrogens (tertiary/aromatic N) is 1. The molecule has 0 fully saturated rings. The second-order valence-corrected chi connectivity index (χ2v) is 8.60. The largest absolute Gasteiger partial charge is 0.497 e. The number of methoxy groups -OCH3 is 1. The number of carbonyl (C=O) groups is 2. The third-order valence-electron chi connectivity index (χ3n) is 5.55. The highest BCUT2D eigenvalue weighted by Crippen LogP contribution is 2.26. The van der Waals surface area contributed by atoms with E-state index in [1.165, 1.54) is 45.2 Å². The van der Waals surface area contributed by atoms with Crippen molar-refractivity contribution in [3.63, 3.8) is 0 Å². The number of hydrogen-bond acceptors (Lipinski definition) is 6. The van der Waals surface area contributed by atoms with Crippen LogP contribution in [0.4, 0.5) is 13.2 Å². The molecule has 2 amide bonds. The van der Waals surface area contributed by atoms with Gasteiger partial charge in [0, 0.05) is 0 Å². The Kier molecular flexibility index (Phi) is 11.9. The number of nitriles is 1. The Balaban J connectivity index is 0.00000684. The van der Waals surface area contributed by atoms with Crippen LogP contribution in [0, 0.1) is 17.2 Å². The van der Waals surface area contributed by atoms with Crippen LogP contribution in [-0.2, 0) is 16.0 Å². The third kappa shape index (κ3) is 8.93. The molecule has 37 heavy (non-hydrogen) atoms. The first-order valence-electron chi connectivity index (χ1n) is 11.1. The molecular formula is C25H30ClF3N4O4. The molecule has 0 aliphatic carbocycles.